The molecule has 0 aliphatic carbocycles. The van der Waals surface area contributed by atoms with E-state index in [4.69, 9.17) is 4.74 Å². The van der Waals surface area contributed by atoms with Crippen molar-refractivity contribution in [3.63, 3.8) is 0 Å². The molecule has 0 aromatic rings. The molecule has 16 heavy (non-hydrogen) atoms. The molecule has 0 aromatic carbocycles. The zero-order valence-electron chi connectivity index (χ0n) is 10.6. The van der Waals surface area contributed by atoms with Crippen LogP contribution in [0.15, 0.2) is 0 Å². The predicted octanol–water partition coefficient (Wildman–Crippen LogP) is 1.65. The summed E-state index contributed by atoms with van der Waals surface area (Å²) in [4.78, 5) is 2.45. The van der Waals surface area contributed by atoms with Gasteiger partial charge in [-0.2, -0.15) is 0 Å². The van der Waals surface area contributed by atoms with Crippen molar-refractivity contribution < 1.29 is 9.84 Å². The molecule has 2 fully saturated rings. The van der Waals surface area contributed by atoms with Gasteiger partial charge in [-0.25, -0.2) is 0 Å². The number of nitrogens with zero attached hydrogens (tertiary/aromatic N) is 1. The Labute approximate surface area is 98.8 Å². The predicted molar refractivity (Wildman–Crippen MR) is 64.4 cm³/mol. The van der Waals surface area contributed by atoms with Crippen LogP contribution in [0.2, 0.25) is 0 Å². The summed E-state index contributed by atoms with van der Waals surface area (Å²) in [6, 6.07) is 0. The smallest absolute Gasteiger partial charge is 0.0748 e. The van der Waals surface area contributed by atoms with E-state index >= 15 is 0 Å². The van der Waals surface area contributed by atoms with E-state index in [-0.39, 0.29) is 11.6 Å². The van der Waals surface area contributed by atoms with E-state index in [0.29, 0.717) is 5.92 Å². The monoisotopic (exact) mass is 227 g/mol. The Morgan fingerprint density at radius 3 is 2.31 bits per heavy atom. The fourth-order valence-electron chi connectivity index (χ4n) is 3.09. The van der Waals surface area contributed by atoms with Gasteiger partial charge in [-0.15, -0.1) is 0 Å². The molecule has 2 aliphatic heterocycles. The lowest BCUT2D eigenvalue weighted by atomic mass is 9.81. The van der Waals surface area contributed by atoms with E-state index in [0.717, 1.165) is 39.1 Å². The summed E-state index contributed by atoms with van der Waals surface area (Å²) in [6.07, 6.45) is 4.37. The summed E-state index contributed by atoms with van der Waals surface area (Å²) in [5, 5.41) is 10.6. The van der Waals surface area contributed by atoms with Crippen molar-refractivity contribution in [3.8, 4) is 0 Å². The molecule has 0 amide bonds. The van der Waals surface area contributed by atoms with Crippen molar-refractivity contribution in [2.75, 3.05) is 26.3 Å². The Morgan fingerprint density at radius 2 is 1.75 bits per heavy atom. The molecule has 3 heteroatoms. The van der Waals surface area contributed by atoms with Crippen molar-refractivity contribution in [2.24, 2.45) is 5.92 Å². The lowest BCUT2D eigenvalue weighted by Gasteiger charge is -2.43. The molecule has 1 unspecified atom stereocenters. The van der Waals surface area contributed by atoms with Crippen molar-refractivity contribution in [1.82, 2.24) is 4.90 Å². The molecule has 0 saturated carbocycles. The molecule has 2 rings (SSSR count). The highest BCUT2D eigenvalue weighted by molar-refractivity contribution is 4.94. The Bertz CT molecular complexity index is 218. The maximum Gasteiger partial charge on any atom is 0.0748 e. The Kier molecular flexibility index (Phi) is 3.88. The van der Waals surface area contributed by atoms with Gasteiger partial charge in [0.15, 0.2) is 0 Å². The minimum absolute atomic E-state index is 0.0709. The Balaban J connectivity index is 1.97. The Morgan fingerprint density at radius 1 is 1.19 bits per heavy atom. The van der Waals surface area contributed by atoms with Gasteiger partial charge in [0.1, 0.15) is 0 Å². The number of rotatable bonds is 3. The van der Waals surface area contributed by atoms with Crippen LogP contribution in [0.25, 0.3) is 0 Å². The van der Waals surface area contributed by atoms with Gasteiger partial charge >= 0.3 is 0 Å². The minimum atomic E-state index is -0.213. The average molecular weight is 227 g/mol. The zero-order chi connectivity index (χ0) is 11.6. The quantitative estimate of drug-likeness (QED) is 0.795. The summed E-state index contributed by atoms with van der Waals surface area (Å²) < 4.78 is 5.36. The van der Waals surface area contributed by atoms with Crippen molar-refractivity contribution in [1.29, 1.82) is 0 Å². The number of aliphatic hydroxyl groups excluding tert-OH is 1. The number of hydrogen-bond donors (Lipinski definition) is 1. The highest BCUT2D eigenvalue weighted by atomic mass is 16.5. The van der Waals surface area contributed by atoms with Gasteiger partial charge in [0, 0.05) is 18.8 Å². The molecular formula is C13H25NO2. The van der Waals surface area contributed by atoms with E-state index < -0.39 is 0 Å². The highest BCUT2D eigenvalue weighted by Gasteiger charge is 2.40. The molecule has 3 nitrogen and oxygen atoms in total. The molecule has 0 radical (unpaired) electrons. The van der Waals surface area contributed by atoms with E-state index in [1.165, 1.54) is 12.8 Å². The molecule has 94 valence electrons. The zero-order valence-corrected chi connectivity index (χ0v) is 10.6. The number of ether oxygens (including phenoxy) is 1. The SMILES string of the molecule is CC(C)(C(O)C1CCOCC1)N1CCCC1. The third-order valence-electron chi connectivity index (χ3n) is 4.36. The van der Waals surface area contributed by atoms with Crippen LogP contribution in [0.4, 0.5) is 0 Å². The van der Waals surface area contributed by atoms with Gasteiger partial charge in [0.2, 0.25) is 0 Å². The second kappa shape index (κ2) is 5.03. The second-order valence-electron chi connectivity index (χ2n) is 5.74. The lowest BCUT2D eigenvalue weighted by Crippen LogP contribution is -2.54. The minimum Gasteiger partial charge on any atom is -0.391 e. The normalized spacial score (nSPS) is 27.2. The van der Waals surface area contributed by atoms with Gasteiger partial charge in [-0.05, 0) is 58.5 Å². The van der Waals surface area contributed by atoms with Gasteiger partial charge < -0.3 is 9.84 Å². The number of likely N-dealkylation sites (tertiary alicyclic amines) is 1. The summed E-state index contributed by atoms with van der Waals surface area (Å²) >= 11 is 0. The third-order valence-corrected chi connectivity index (χ3v) is 4.36. The first-order chi connectivity index (χ1) is 7.62. The van der Waals surface area contributed by atoms with Crippen LogP contribution in [-0.4, -0.2) is 48.0 Å². The molecule has 0 spiro atoms. The highest BCUT2D eigenvalue weighted by Crippen LogP contribution is 2.31. The molecule has 1 N–H and O–H groups in total. The van der Waals surface area contributed by atoms with Gasteiger partial charge in [0.25, 0.3) is 0 Å². The standard InChI is InChI=1S/C13H25NO2/c1-13(2,14-7-3-4-8-14)12(15)11-5-9-16-10-6-11/h11-12,15H,3-10H2,1-2H3. The first-order valence-electron chi connectivity index (χ1n) is 6.63. The summed E-state index contributed by atoms with van der Waals surface area (Å²) in [7, 11) is 0. The third kappa shape index (κ3) is 2.41. The summed E-state index contributed by atoms with van der Waals surface area (Å²) in [5.41, 5.74) is -0.0709. The van der Waals surface area contributed by atoms with Crippen molar-refractivity contribution >= 4 is 0 Å². The van der Waals surface area contributed by atoms with Crippen molar-refractivity contribution in [2.45, 2.75) is 51.2 Å². The summed E-state index contributed by atoms with van der Waals surface area (Å²) in [6.45, 7) is 8.31. The number of aliphatic hydroxyl groups is 1. The van der Waals surface area contributed by atoms with Gasteiger partial charge in [-0.3, -0.25) is 4.90 Å². The largest absolute Gasteiger partial charge is 0.391 e. The molecule has 1 atom stereocenters. The van der Waals surface area contributed by atoms with Crippen LogP contribution >= 0.6 is 0 Å². The molecule has 0 aromatic heterocycles. The Hall–Kier alpha value is -0.120. The van der Waals surface area contributed by atoms with E-state index in [1.54, 1.807) is 0 Å². The molecule has 2 heterocycles. The lowest BCUT2D eigenvalue weighted by molar-refractivity contribution is -0.0643. The maximum atomic E-state index is 10.6. The second-order valence-corrected chi connectivity index (χ2v) is 5.74. The number of hydrogen-bond acceptors (Lipinski definition) is 3. The van der Waals surface area contributed by atoms with E-state index in [2.05, 4.69) is 18.7 Å². The van der Waals surface area contributed by atoms with E-state index in [9.17, 15) is 5.11 Å². The van der Waals surface area contributed by atoms with E-state index in [1.807, 2.05) is 0 Å². The van der Waals surface area contributed by atoms with Crippen LogP contribution in [0.3, 0.4) is 0 Å². The van der Waals surface area contributed by atoms with Crippen LogP contribution in [-0.2, 0) is 4.74 Å². The average Bonchev–Trinajstić information content (AvgIpc) is 2.83. The fraction of sp³-hybridized carbons (Fsp3) is 1.00. The molecule has 2 aliphatic rings. The maximum absolute atomic E-state index is 10.6. The molecule has 0 bridgehead atoms. The summed E-state index contributed by atoms with van der Waals surface area (Å²) in [5.74, 6) is 0.421. The molecule has 2 saturated heterocycles. The fourth-order valence-corrected chi connectivity index (χ4v) is 3.09. The van der Waals surface area contributed by atoms with Crippen LogP contribution in [0.1, 0.15) is 39.5 Å². The first-order valence-corrected chi connectivity index (χ1v) is 6.63. The van der Waals surface area contributed by atoms with Crippen molar-refractivity contribution in [3.05, 3.63) is 0 Å². The van der Waals surface area contributed by atoms with Crippen LogP contribution in [0, 0.1) is 5.92 Å². The van der Waals surface area contributed by atoms with Crippen LogP contribution < -0.4 is 0 Å². The van der Waals surface area contributed by atoms with Crippen LogP contribution in [0.5, 0.6) is 0 Å². The topological polar surface area (TPSA) is 32.7 Å². The first kappa shape index (κ1) is 12.3. The molecular weight excluding hydrogens is 202 g/mol. The van der Waals surface area contributed by atoms with Gasteiger partial charge in [-0.1, -0.05) is 0 Å². The van der Waals surface area contributed by atoms with Gasteiger partial charge in [0.05, 0.1) is 6.10 Å².